The highest BCUT2D eigenvalue weighted by molar-refractivity contribution is 5.98. The molecule has 0 aliphatic heterocycles. The molecule has 0 aromatic heterocycles. The van der Waals surface area contributed by atoms with Crippen LogP contribution in [0.25, 0.3) is 0 Å². The van der Waals surface area contributed by atoms with Crippen molar-refractivity contribution in [3.8, 4) is 5.75 Å². The molecule has 0 spiro atoms. The van der Waals surface area contributed by atoms with Crippen molar-refractivity contribution in [3.05, 3.63) is 69.3 Å². The van der Waals surface area contributed by atoms with Crippen molar-refractivity contribution < 1.29 is 24.0 Å². The van der Waals surface area contributed by atoms with Crippen LogP contribution in [0.2, 0.25) is 0 Å². The number of hydrogen-bond donors (Lipinski definition) is 0. The number of nitrogens with zero attached hydrogens (tertiary/aromatic N) is 2. The summed E-state index contributed by atoms with van der Waals surface area (Å²) < 4.78 is 10.2. The lowest BCUT2D eigenvalue weighted by Crippen LogP contribution is -2.31. The zero-order valence-electron chi connectivity index (χ0n) is 15.3. The van der Waals surface area contributed by atoms with Gasteiger partial charge >= 0.3 is 5.97 Å². The number of likely N-dealkylation sites (N-methyl/N-ethyl adjacent to an activating group) is 1. The molecule has 0 bridgehead atoms. The zero-order chi connectivity index (χ0) is 20.0. The summed E-state index contributed by atoms with van der Waals surface area (Å²) in [4.78, 5) is 36.0. The van der Waals surface area contributed by atoms with Gasteiger partial charge < -0.3 is 14.4 Å². The summed E-state index contributed by atoms with van der Waals surface area (Å²) in [5.41, 5.74) is 0.731. The predicted molar refractivity (Wildman–Crippen MR) is 98.1 cm³/mol. The minimum Gasteiger partial charge on any atom is -0.492 e. The van der Waals surface area contributed by atoms with E-state index in [-0.39, 0.29) is 30.0 Å². The fourth-order valence-electron chi connectivity index (χ4n) is 2.33. The fourth-order valence-corrected chi connectivity index (χ4v) is 2.33. The Bertz CT molecular complexity index is 848. The van der Waals surface area contributed by atoms with Crippen LogP contribution < -0.4 is 4.74 Å². The summed E-state index contributed by atoms with van der Waals surface area (Å²) in [7, 11) is 2.72. The number of carbonyl (C=O) groups is 2. The Hall–Kier alpha value is -3.42. The molecule has 1 amide bonds. The summed E-state index contributed by atoms with van der Waals surface area (Å²) >= 11 is 0. The summed E-state index contributed by atoms with van der Waals surface area (Å²) in [6.45, 7) is 2.49. The highest BCUT2D eigenvalue weighted by atomic mass is 16.6. The number of esters is 1. The van der Waals surface area contributed by atoms with Crippen molar-refractivity contribution in [2.24, 2.45) is 0 Å². The van der Waals surface area contributed by atoms with Crippen LogP contribution in [0.1, 0.15) is 26.3 Å². The summed E-state index contributed by atoms with van der Waals surface area (Å²) in [5.74, 6) is -0.528. The van der Waals surface area contributed by atoms with Gasteiger partial charge in [-0.3, -0.25) is 14.9 Å². The number of ether oxygens (including phenoxy) is 2. The maximum atomic E-state index is 12.6. The number of benzene rings is 2. The van der Waals surface area contributed by atoms with E-state index in [1.807, 2.05) is 31.2 Å². The maximum Gasteiger partial charge on any atom is 0.338 e. The van der Waals surface area contributed by atoms with Crippen LogP contribution in [-0.2, 0) is 4.74 Å². The molecule has 142 valence electrons. The SMILES string of the molecule is COC(=O)c1cc(C(=O)N(C)CCOc2ccc(C)cc2)cc([N+](=O)[O-])c1. The number of carbonyl (C=O) groups excluding carboxylic acids is 2. The van der Waals surface area contributed by atoms with E-state index < -0.39 is 16.8 Å². The lowest BCUT2D eigenvalue weighted by molar-refractivity contribution is -0.384. The number of nitro benzene ring substituents is 1. The van der Waals surface area contributed by atoms with E-state index in [4.69, 9.17) is 4.74 Å². The fraction of sp³-hybridized carbons (Fsp3) is 0.263. The third-order valence-corrected chi connectivity index (χ3v) is 3.86. The maximum absolute atomic E-state index is 12.6. The van der Waals surface area contributed by atoms with Crippen molar-refractivity contribution >= 4 is 17.6 Å². The van der Waals surface area contributed by atoms with Crippen LogP contribution in [0.3, 0.4) is 0 Å². The number of methoxy groups -OCH3 is 1. The third-order valence-electron chi connectivity index (χ3n) is 3.86. The molecule has 2 rings (SSSR count). The van der Waals surface area contributed by atoms with Gasteiger partial charge in [0.2, 0.25) is 0 Å². The quantitative estimate of drug-likeness (QED) is 0.421. The largest absolute Gasteiger partial charge is 0.492 e. The molecule has 0 aliphatic carbocycles. The van der Waals surface area contributed by atoms with Gasteiger partial charge in [0.05, 0.1) is 24.1 Å². The second-order valence-corrected chi connectivity index (χ2v) is 5.91. The van der Waals surface area contributed by atoms with E-state index in [9.17, 15) is 19.7 Å². The molecule has 0 atom stereocenters. The van der Waals surface area contributed by atoms with Gasteiger partial charge in [-0.05, 0) is 25.1 Å². The number of nitro groups is 1. The van der Waals surface area contributed by atoms with Gasteiger partial charge in [0.25, 0.3) is 11.6 Å². The van der Waals surface area contributed by atoms with Crippen molar-refractivity contribution in [1.82, 2.24) is 4.90 Å². The average molecular weight is 372 g/mol. The third kappa shape index (κ3) is 5.27. The molecule has 8 heteroatoms. The van der Waals surface area contributed by atoms with Crippen molar-refractivity contribution in [3.63, 3.8) is 0 Å². The van der Waals surface area contributed by atoms with Crippen molar-refractivity contribution in [1.29, 1.82) is 0 Å². The second kappa shape index (κ2) is 8.79. The van der Waals surface area contributed by atoms with Gasteiger partial charge in [0.15, 0.2) is 0 Å². The lowest BCUT2D eigenvalue weighted by Gasteiger charge is -2.18. The summed E-state index contributed by atoms with van der Waals surface area (Å²) in [6.07, 6.45) is 0. The van der Waals surface area contributed by atoms with Crippen molar-refractivity contribution in [2.75, 3.05) is 27.3 Å². The predicted octanol–water partition coefficient (Wildman–Crippen LogP) is 2.84. The van der Waals surface area contributed by atoms with Crippen molar-refractivity contribution in [2.45, 2.75) is 6.92 Å². The first-order valence-electron chi connectivity index (χ1n) is 8.14. The molecule has 0 N–H and O–H groups in total. The minimum atomic E-state index is -0.752. The normalized spacial score (nSPS) is 10.2. The number of amides is 1. The van der Waals surface area contributed by atoms with E-state index in [2.05, 4.69) is 4.74 Å². The Kier molecular flexibility index (Phi) is 6.48. The molecule has 0 unspecified atom stereocenters. The van der Waals surface area contributed by atoms with Crippen LogP contribution in [0, 0.1) is 17.0 Å². The van der Waals surface area contributed by atoms with E-state index in [1.165, 1.54) is 11.0 Å². The molecule has 0 radical (unpaired) electrons. The summed E-state index contributed by atoms with van der Waals surface area (Å²) in [6, 6.07) is 11.0. The molecule has 0 saturated carbocycles. The Morgan fingerprint density at radius 3 is 2.33 bits per heavy atom. The molecule has 2 aromatic rings. The number of aryl methyl sites for hydroxylation is 1. The highest BCUT2D eigenvalue weighted by Gasteiger charge is 2.20. The molecule has 8 nitrogen and oxygen atoms in total. The van der Waals surface area contributed by atoms with Gasteiger partial charge in [0.1, 0.15) is 12.4 Å². The number of hydrogen-bond acceptors (Lipinski definition) is 6. The molecular weight excluding hydrogens is 352 g/mol. The van der Waals surface area contributed by atoms with Gasteiger partial charge in [-0.15, -0.1) is 0 Å². The van der Waals surface area contributed by atoms with E-state index >= 15 is 0 Å². The first-order valence-corrected chi connectivity index (χ1v) is 8.14. The standard InChI is InChI=1S/C19H20N2O6/c1-13-4-6-17(7-5-13)27-9-8-20(2)18(22)14-10-15(19(23)26-3)12-16(11-14)21(24)25/h4-7,10-12H,8-9H2,1-3H3. The molecule has 0 heterocycles. The minimum absolute atomic E-state index is 0.0300. The van der Waals surface area contributed by atoms with Crippen LogP contribution in [0.5, 0.6) is 5.75 Å². The molecule has 27 heavy (non-hydrogen) atoms. The summed E-state index contributed by atoms with van der Waals surface area (Å²) in [5, 5.41) is 11.1. The average Bonchev–Trinajstić information content (AvgIpc) is 2.67. The lowest BCUT2D eigenvalue weighted by atomic mass is 10.1. The van der Waals surface area contributed by atoms with E-state index in [0.717, 1.165) is 24.8 Å². The van der Waals surface area contributed by atoms with Gasteiger partial charge in [0, 0.05) is 24.7 Å². The zero-order valence-corrected chi connectivity index (χ0v) is 15.3. The molecule has 0 fully saturated rings. The first kappa shape index (κ1) is 19.9. The van der Waals surface area contributed by atoms with Crippen LogP contribution >= 0.6 is 0 Å². The molecule has 0 aliphatic rings. The number of non-ortho nitro benzene ring substituents is 1. The molecule has 0 saturated heterocycles. The van der Waals surface area contributed by atoms with Crippen LogP contribution in [0.15, 0.2) is 42.5 Å². The Morgan fingerprint density at radius 2 is 1.74 bits per heavy atom. The topological polar surface area (TPSA) is 99.0 Å². The smallest absolute Gasteiger partial charge is 0.338 e. The van der Waals surface area contributed by atoms with E-state index in [0.29, 0.717) is 5.75 Å². The Balaban J connectivity index is 2.08. The highest BCUT2D eigenvalue weighted by Crippen LogP contribution is 2.19. The first-order chi connectivity index (χ1) is 12.8. The Labute approximate surface area is 156 Å². The monoisotopic (exact) mass is 372 g/mol. The molecule has 2 aromatic carbocycles. The van der Waals surface area contributed by atoms with Crippen LogP contribution in [0.4, 0.5) is 5.69 Å². The Morgan fingerprint density at radius 1 is 1.11 bits per heavy atom. The van der Waals surface area contributed by atoms with E-state index in [1.54, 1.807) is 7.05 Å². The van der Waals surface area contributed by atoms with Gasteiger partial charge in [-0.25, -0.2) is 4.79 Å². The van der Waals surface area contributed by atoms with Gasteiger partial charge in [-0.1, -0.05) is 17.7 Å². The van der Waals surface area contributed by atoms with Crippen LogP contribution in [-0.4, -0.2) is 49.0 Å². The number of rotatable bonds is 7. The van der Waals surface area contributed by atoms with Gasteiger partial charge in [-0.2, -0.15) is 0 Å². The molecular formula is C19H20N2O6. The second-order valence-electron chi connectivity index (χ2n) is 5.91.